The van der Waals surface area contributed by atoms with Crippen molar-refractivity contribution >= 4 is 17.5 Å². The molecule has 156 valence electrons. The number of ether oxygens (including phenoxy) is 2. The Morgan fingerprint density at radius 1 is 1.13 bits per heavy atom. The van der Waals surface area contributed by atoms with Crippen LogP contribution < -0.4 is 20.3 Å². The van der Waals surface area contributed by atoms with Gasteiger partial charge in [-0.2, -0.15) is 5.10 Å². The van der Waals surface area contributed by atoms with Gasteiger partial charge in [0.25, 0.3) is 11.5 Å². The molecule has 0 atom stereocenters. The molecule has 0 aliphatic rings. The minimum Gasteiger partial charge on any atom is -0.497 e. The van der Waals surface area contributed by atoms with Gasteiger partial charge in [0.15, 0.2) is 6.61 Å². The molecular weight excluding hydrogens is 406 g/mol. The van der Waals surface area contributed by atoms with E-state index in [-0.39, 0.29) is 31.2 Å². The second-order valence-electron chi connectivity index (χ2n) is 6.58. The van der Waals surface area contributed by atoms with Crippen LogP contribution in [0.15, 0.2) is 59.4 Å². The first-order valence-electron chi connectivity index (χ1n) is 9.34. The maximum atomic E-state index is 12.1. The summed E-state index contributed by atoms with van der Waals surface area (Å²) >= 11 is 6.05. The highest BCUT2D eigenvalue weighted by molar-refractivity contribution is 6.32. The van der Waals surface area contributed by atoms with Crippen LogP contribution in [0.5, 0.6) is 11.5 Å². The number of halogens is 1. The van der Waals surface area contributed by atoms with E-state index in [2.05, 4.69) is 10.4 Å². The molecule has 0 spiro atoms. The van der Waals surface area contributed by atoms with Gasteiger partial charge in [0, 0.05) is 18.2 Å². The maximum absolute atomic E-state index is 12.1. The molecule has 3 aromatic rings. The van der Waals surface area contributed by atoms with Crippen molar-refractivity contribution in [2.24, 2.45) is 0 Å². The Bertz CT molecular complexity index is 1080. The van der Waals surface area contributed by atoms with Crippen molar-refractivity contribution in [1.82, 2.24) is 15.1 Å². The fourth-order valence-corrected chi connectivity index (χ4v) is 2.91. The fourth-order valence-electron chi connectivity index (χ4n) is 2.74. The van der Waals surface area contributed by atoms with Gasteiger partial charge in [-0.25, -0.2) is 4.68 Å². The molecule has 0 radical (unpaired) electrons. The Morgan fingerprint density at radius 3 is 2.63 bits per heavy atom. The number of hydrogen-bond acceptors (Lipinski definition) is 5. The summed E-state index contributed by atoms with van der Waals surface area (Å²) in [6.07, 6.45) is 0. The zero-order valence-electron chi connectivity index (χ0n) is 16.7. The quantitative estimate of drug-likeness (QED) is 0.597. The second kappa shape index (κ2) is 9.93. The second-order valence-corrected chi connectivity index (χ2v) is 6.99. The number of rotatable bonds is 8. The van der Waals surface area contributed by atoms with Gasteiger partial charge in [-0.15, -0.1) is 0 Å². The van der Waals surface area contributed by atoms with Crippen LogP contribution in [0.3, 0.4) is 0 Å². The Morgan fingerprint density at radius 2 is 1.90 bits per heavy atom. The molecule has 30 heavy (non-hydrogen) atoms. The molecule has 0 saturated carbocycles. The minimum absolute atomic E-state index is 0.169. The predicted octanol–water partition coefficient (Wildman–Crippen LogP) is 3.08. The number of benzene rings is 2. The number of aryl methyl sites for hydroxylation is 1. The van der Waals surface area contributed by atoms with Gasteiger partial charge in [-0.1, -0.05) is 17.7 Å². The minimum atomic E-state index is -0.313. The Balaban J connectivity index is 1.55. The molecule has 1 amide bonds. The summed E-state index contributed by atoms with van der Waals surface area (Å²) in [5.74, 6) is 0.882. The van der Waals surface area contributed by atoms with Gasteiger partial charge in [-0.3, -0.25) is 9.59 Å². The van der Waals surface area contributed by atoms with Crippen molar-refractivity contribution in [3.63, 3.8) is 0 Å². The molecule has 0 unspecified atom stereocenters. The zero-order chi connectivity index (χ0) is 21.5. The van der Waals surface area contributed by atoms with E-state index < -0.39 is 0 Å². The summed E-state index contributed by atoms with van der Waals surface area (Å²) in [5, 5.41) is 7.53. The summed E-state index contributed by atoms with van der Waals surface area (Å²) in [7, 11) is 1.60. The van der Waals surface area contributed by atoms with Crippen LogP contribution >= 0.6 is 11.6 Å². The van der Waals surface area contributed by atoms with E-state index in [1.165, 1.54) is 10.7 Å². The van der Waals surface area contributed by atoms with E-state index >= 15 is 0 Å². The van der Waals surface area contributed by atoms with Crippen LogP contribution in [0.25, 0.3) is 11.3 Å². The van der Waals surface area contributed by atoms with Crippen LogP contribution in [0.2, 0.25) is 5.02 Å². The van der Waals surface area contributed by atoms with Crippen LogP contribution in [-0.4, -0.2) is 35.9 Å². The number of nitrogens with zero attached hydrogens (tertiary/aromatic N) is 2. The molecule has 0 saturated heterocycles. The standard InChI is InChI=1S/C22H22ClN3O4/c1-15-3-8-18(23)20(13-15)30-14-21(27)24-11-12-26-22(28)10-9-19(25-26)16-4-6-17(29-2)7-5-16/h3-10,13H,11-12,14H2,1-2H3,(H,24,27). The number of carbonyl (C=O) groups excluding carboxylic acids is 1. The topological polar surface area (TPSA) is 82.5 Å². The van der Waals surface area contributed by atoms with Crippen LogP contribution in [0, 0.1) is 6.92 Å². The highest BCUT2D eigenvalue weighted by Crippen LogP contribution is 2.25. The first-order valence-corrected chi connectivity index (χ1v) is 9.72. The number of amides is 1. The van der Waals surface area contributed by atoms with E-state index in [1.54, 1.807) is 25.3 Å². The first kappa shape index (κ1) is 21.4. The maximum Gasteiger partial charge on any atom is 0.266 e. The molecule has 3 rings (SSSR count). The molecule has 2 aromatic carbocycles. The molecule has 0 bridgehead atoms. The summed E-state index contributed by atoms with van der Waals surface area (Å²) in [6, 6.07) is 15.9. The average Bonchev–Trinajstić information content (AvgIpc) is 2.75. The molecule has 0 fully saturated rings. The lowest BCUT2D eigenvalue weighted by atomic mass is 10.1. The Hall–Kier alpha value is -3.32. The first-order chi connectivity index (χ1) is 14.5. The van der Waals surface area contributed by atoms with Crippen LogP contribution in [-0.2, 0) is 11.3 Å². The SMILES string of the molecule is COc1ccc(-c2ccc(=O)n(CCNC(=O)COc3cc(C)ccc3Cl)n2)cc1. The molecule has 8 heteroatoms. The predicted molar refractivity (Wildman–Crippen MR) is 115 cm³/mol. The van der Waals surface area contributed by atoms with E-state index in [0.717, 1.165) is 16.9 Å². The molecule has 0 aliphatic carbocycles. The lowest BCUT2D eigenvalue weighted by molar-refractivity contribution is -0.123. The molecule has 1 N–H and O–H groups in total. The van der Waals surface area contributed by atoms with Crippen LogP contribution in [0.4, 0.5) is 0 Å². The summed E-state index contributed by atoms with van der Waals surface area (Å²) < 4.78 is 11.9. The van der Waals surface area contributed by atoms with E-state index in [4.69, 9.17) is 21.1 Å². The molecule has 0 aliphatic heterocycles. The fraction of sp³-hybridized carbons (Fsp3) is 0.227. The van der Waals surface area contributed by atoms with Crippen molar-refractivity contribution < 1.29 is 14.3 Å². The number of aromatic nitrogens is 2. The van der Waals surface area contributed by atoms with Crippen molar-refractivity contribution in [3.8, 4) is 22.8 Å². The lowest BCUT2D eigenvalue weighted by Crippen LogP contribution is -2.34. The monoisotopic (exact) mass is 427 g/mol. The number of nitrogens with one attached hydrogen (secondary N) is 1. The lowest BCUT2D eigenvalue weighted by Gasteiger charge is -2.10. The molecule has 7 nitrogen and oxygen atoms in total. The van der Waals surface area contributed by atoms with Crippen molar-refractivity contribution in [1.29, 1.82) is 0 Å². The normalized spacial score (nSPS) is 10.5. The van der Waals surface area contributed by atoms with Gasteiger partial charge in [0.1, 0.15) is 11.5 Å². The molecular formula is C22H22ClN3O4. The zero-order valence-corrected chi connectivity index (χ0v) is 17.5. The highest BCUT2D eigenvalue weighted by Gasteiger charge is 2.08. The van der Waals surface area contributed by atoms with Crippen molar-refractivity contribution in [3.05, 3.63) is 75.5 Å². The number of methoxy groups -OCH3 is 1. The summed E-state index contributed by atoms with van der Waals surface area (Å²) in [6.45, 7) is 2.22. The van der Waals surface area contributed by atoms with E-state index in [0.29, 0.717) is 16.5 Å². The third-order valence-electron chi connectivity index (χ3n) is 4.34. The van der Waals surface area contributed by atoms with Gasteiger partial charge < -0.3 is 14.8 Å². The van der Waals surface area contributed by atoms with Gasteiger partial charge >= 0.3 is 0 Å². The third-order valence-corrected chi connectivity index (χ3v) is 4.66. The third kappa shape index (κ3) is 5.61. The van der Waals surface area contributed by atoms with Gasteiger partial charge in [-0.05, 0) is 55.0 Å². The van der Waals surface area contributed by atoms with Gasteiger partial charge in [0.05, 0.1) is 24.4 Å². The molecule has 1 aromatic heterocycles. The summed E-state index contributed by atoms with van der Waals surface area (Å²) in [5.41, 5.74) is 2.25. The Labute approximate surface area is 179 Å². The smallest absolute Gasteiger partial charge is 0.266 e. The van der Waals surface area contributed by atoms with Gasteiger partial charge in [0.2, 0.25) is 0 Å². The van der Waals surface area contributed by atoms with E-state index in [1.807, 2.05) is 37.3 Å². The van der Waals surface area contributed by atoms with Crippen molar-refractivity contribution in [2.75, 3.05) is 20.3 Å². The highest BCUT2D eigenvalue weighted by atomic mass is 35.5. The molecule has 1 heterocycles. The number of hydrogen-bond donors (Lipinski definition) is 1. The van der Waals surface area contributed by atoms with Crippen molar-refractivity contribution in [2.45, 2.75) is 13.5 Å². The largest absolute Gasteiger partial charge is 0.497 e. The van der Waals surface area contributed by atoms with Crippen LogP contribution in [0.1, 0.15) is 5.56 Å². The Kier molecular flexibility index (Phi) is 7.08. The average molecular weight is 428 g/mol. The van der Waals surface area contributed by atoms with E-state index in [9.17, 15) is 9.59 Å². The summed E-state index contributed by atoms with van der Waals surface area (Å²) in [4.78, 5) is 24.1. The number of carbonyl (C=O) groups is 1.